The normalized spacial score (nSPS) is 10.5. The van der Waals surface area contributed by atoms with Gasteiger partial charge in [-0.15, -0.1) is 0 Å². The number of ether oxygens (including phenoxy) is 1. The largest absolute Gasteiger partial charge is 0.464 e. The highest BCUT2D eigenvalue weighted by Gasteiger charge is 2.15. The van der Waals surface area contributed by atoms with Gasteiger partial charge in [0.25, 0.3) is 5.91 Å². The van der Waals surface area contributed by atoms with E-state index >= 15 is 0 Å². The zero-order valence-electron chi connectivity index (χ0n) is 15.3. The number of unbranched alkanes of at least 4 members (excludes halogenated alkanes) is 6. The third-order valence-corrected chi connectivity index (χ3v) is 3.99. The third kappa shape index (κ3) is 8.14. The van der Waals surface area contributed by atoms with Crippen LogP contribution >= 0.6 is 0 Å². The summed E-state index contributed by atoms with van der Waals surface area (Å²) >= 11 is 0. The number of benzene rings is 1. The standard InChI is InChI=1S/C20H31NO3/c1-4-5-6-7-8-9-10-14-24-19(22)16-21(3)20(23)18-13-11-12-17(2)15-18/h11-13,15H,4-10,14,16H2,1-3H3. The molecule has 0 saturated carbocycles. The van der Waals surface area contributed by atoms with Crippen LogP contribution in [0.25, 0.3) is 0 Å². The van der Waals surface area contributed by atoms with Gasteiger partial charge in [-0.3, -0.25) is 9.59 Å². The molecule has 4 heteroatoms. The van der Waals surface area contributed by atoms with Gasteiger partial charge in [-0.05, 0) is 25.5 Å². The van der Waals surface area contributed by atoms with Crippen molar-refractivity contribution in [3.8, 4) is 0 Å². The fraction of sp³-hybridized carbons (Fsp3) is 0.600. The Labute approximate surface area is 146 Å². The van der Waals surface area contributed by atoms with Crippen LogP contribution in [0.3, 0.4) is 0 Å². The van der Waals surface area contributed by atoms with Gasteiger partial charge >= 0.3 is 5.97 Å². The highest BCUT2D eigenvalue weighted by Crippen LogP contribution is 2.08. The number of carbonyl (C=O) groups excluding carboxylic acids is 2. The molecule has 0 spiro atoms. The molecule has 1 aromatic rings. The van der Waals surface area contributed by atoms with E-state index in [2.05, 4.69) is 6.92 Å². The van der Waals surface area contributed by atoms with Gasteiger partial charge in [0.05, 0.1) is 6.61 Å². The number of carbonyl (C=O) groups is 2. The first-order valence-corrected chi connectivity index (χ1v) is 9.02. The molecule has 0 aliphatic carbocycles. The van der Waals surface area contributed by atoms with Crippen molar-refractivity contribution in [1.82, 2.24) is 4.90 Å². The minimum absolute atomic E-state index is 0.0106. The number of esters is 1. The van der Waals surface area contributed by atoms with Gasteiger partial charge < -0.3 is 9.64 Å². The average Bonchev–Trinajstić information content (AvgIpc) is 2.56. The van der Waals surface area contributed by atoms with Crippen molar-refractivity contribution < 1.29 is 14.3 Å². The van der Waals surface area contributed by atoms with E-state index < -0.39 is 0 Å². The summed E-state index contributed by atoms with van der Waals surface area (Å²) in [6.45, 7) is 4.58. The molecule has 24 heavy (non-hydrogen) atoms. The summed E-state index contributed by atoms with van der Waals surface area (Å²) in [7, 11) is 1.62. The lowest BCUT2D eigenvalue weighted by molar-refractivity contribution is -0.144. The summed E-state index contributed by atoms with van der Waals surface area (Å²) in [5, 5.41) is 0. The Balaban J connectivity index is 2.19. The number of hydrogen-bond donors (Lipinski definition) is 0. The van der Waals surface area contributed by atoms with Crippen LogP contribution < -0.4 is 0 Å². The van der Waals surface area contributed by atoms with E-state index in [-0.39, 0.29) is 18.4 Å². The van der Waals surface area contributed by atoms with E-state index in [1.807, 2.05) is 25.1 Å². The molecule has 1 amide bonds. The maximum absolute atomic E-state index is 12.3. The first-order chi connectivity index (χ1) is 11.5. The molecule has 0 aliphatic heterocycles. The Morgan fingerprint density at radius 2 is 1.71 bits per heavy atom. The summed E-state index contributed by atoms with van der Waals surface area (Å²) in [5.74, 6) is -0.504. The Morgan fingerprint density at radius 3 is 2.38 bits per heavy atom. The molecular formula is C20H31NO3. The average molecular weight is 333 g/mol. The zero-order chi connectivity index (χ0) is 17.8. The summed E-state index contributed by atoms with van der Waals surface area (Å²) in [6.07, 6.45) is 8.30. The van der Waals surface area contributed by atoms with E-state index in [9.17, 15) is 9.59 Å². The van der Waals surface area contributed by atoms with Crippen LogP contribution in [0.2, 0.25) is 0 Å². The second kappa shape index (κ2) is 11.7. The third-order valence-electron chi connectivity index (χ3n) is 3.99. The van der Waals surface area contributed by atoms with Gasteiger partial charge in [0.2, 0.25) is 0 Å². The number of aryl methyl sites for hydroxylation is 1. The summed E-state index contributed by atoms with van der Waals surface area (Å²) in [5.41, 5.74) is 1.62. The van der Waals surface area contributed by atoms with Gasteiger partial charge in [-0.25, -0.2) is 0 Å². The number of hydrogen-bond acceptors (Lipinski definition) is 3. The first-order valence-electron chi connectivity index (χ1n) is 9.02. The number of nitrogens with zero attached hydrogens (tertiary/aromatic N) is 1. The van der Waals surface area contributed by atoms with Crippen molar-refractivity contribution >= 4 is 11.9 Å². The van der Waals surface area contributed by atoms with E-state index in [0.29, 0.717) is 12.2 Å². The van der Waals surface area contributed by atoms with Crippen molar-refractivity contribution in [2.24, 2.45) is 0 Å². The molecule has 0 aliphatic rings. The van der Waals surface area contributed by atoms with Gasteiger partial charge in [0, 0.05) is 12.6 Å². The molecule has 134 valence electrons. The molecule has 4 nitrogen and oxygen atoms in total. The van der Waals surface area contributed by atoms with Gasteiger partial charge in [0.1, 0.15) is 6.54 Å². The molecule has 0 radical (unpaired) electrons. The Morgan fingerprint density at radius 1 is 1.04 bits per heavy atom. The lowest BCUT2D eigenvalue weighted by atomic mass is 10.1. The molecule has 0 N–H and O–H groups in total. The van der Waals surface area contributed by atoms with Crippen molar-refractivity contribution in [3.05, 3.63) is 35.4 Å². The molecule has 0 heterocycles. The lowest BCUT2D eigenvalue weighted by Crippen LogP contribution is -2.33. The number of likely N-dealkylation sites (N-methyl/N-ethyl adjacent to an activating group) is 1. The Hall–Kier alpha value is -1.84. The summed E-state index contributed by atoms with van der Waals surface area (Å²) in [6, 6.07) is 7.36. The topological polar surface area (TPSA) is 46.6 Å². The van der Waals surface area contributed by atoms with Crippen molar-refractivity contribution in [2.45, 2.75) is 58.8 Å². The first kappa shape index (κ1) is 20.2. The highest BCUT2D eigenvalue weighted by molar-refractivity contribution is 5.95. The Bertz CT molecular complexity index is 513. The fourth-order valence-corrected chi connectivity index (χ4v) is 2.55. The van der Waals surface area contributed by atoms with Crippen LogP contribution in [-0.2, 0) is 9.53 Å². The minimum Gasteiger partial charge on any atom is -0.464 e. The van der Waals surface area contributed by atoms with Gasteiger partial charge in [0.15, 0.2) is 0 Å². The molecule has 0 aromatic heterocycles. The Kier molecular flexibility index (Phi) is 9.81. The minimum atomic E-state index is -0.343. The van der Waals surface area contributed by atoms with E-state index in [1.54, 1.807) is 13.1 Å². The van der Waals surface area contributed by atoms with Crippen LogP contribution in [0.4, 0.5) is 0 Å². The van der Waals surface area contributed by atoms with E-state index in [0.717, 1.165) is 18.4 Å². The van der Waals surface area contributed by atoms with Crippen molar-refractivity contribution in [2.75, 3.05) is 20.2 Å². The monoisotopic (exact) mass is 333 g/mol. The van der Waals surface area contributed by atoms with Gasteiger partial charge in [-0.2, -0.15) is 0 Å². The molecule has 0 fully saturated rings. The zero-order valence-corrected chi connectivity index (χ0v) is 15.3. The highest BCUT2D eigenvalue weighted by atomic mass is 16.5. The van der Waals surface area contributed by atoms with Crippen molar-refractivity contribution in [1.29, 1.82) is 0 Å². The summed E-state index contributed by atoms with van der Waals surface area (Å²) < 4.78 is 5.22. The molecule has 0 unspecified atom stereocenters. The van der Waals surface area contributed by atoms with E-state index in [4.69, 9.17) is 4.74 Å². The van der Waals surface area contributed by atoms with Crippen LogP contribution in [-0.4, -0.2) is 37.0 Å². The second-order valence-electron chi connectivity index (χ2n) is 6.37. The number of amides is 1. The van der Waals surface area contributed by atoms with Crippen LogP contribution in [0.15, 0.2) is 24.3 Å². The summed E-state index contributed by atoms with van der Waals surface area (Å²) in [4.78, 5) is 25.5. The fourth-order valence-electron chi connectivity index (χ4n) is 2.55. The smallest absolute Gasteiger partial charge is 0.325 e. The predicted molar refractivity (Wildman–Crippen MR) is 97.1 cm³/mol. The quantitative estimate of drug-likeness (QED) is 0.446. The lowest BCUT2D eigenvalue weighted by Gasteiger charge is -2.16. The maximum Gasteiger partial charge on any atom is 0.325 e. The molecule has 0 atom stereocenters. The second-order valence-corrected chi connectivity index (χ2v) is 6.37. The molecule has 0 bridgehead atoms. The van der Waals surface area contributed by atoms with Crippen LogP contribution in [0, 0.1) is 6.92 Å². The maximum atomic E-state index is 12.3. The molecule has 0 saturated heterocycles. The van der Waals surface area contributed by atoms with Gasteiger partial charge in [-0.1, -0.05) is 63.1 Å². The SMILES string of the molecule is CCCCCCCCCOC(=O)CN(C)C(=O)c1cccc(C)c1. The van der Waals surface area contributed by atoms with Crippen LogP contribution in [0.1, 0.15) is 67.8 Å². The molecule has 1 aromatic carbocycles. The van der Waals surface area contributed by atoms with Crippen molar-refractivity contribution in [3.63, 3.8) is 0 Å². The van der Waals surface area contributed by atoms with E-state index in [1.165, 1.54) is 37.0 Å². The molecule has 1 rings (SSSR count). The molecular weight excluding hydrogens is 302 g/mol. The number of rotatable bonds is 11. The predicted octanol–water partition coefficient (Wildman–Crippen LogP) is 4.36. The van der Waals surface area contributed by atoms with Crippen LogP contribution in [0.5, 0.6) is 0 Å².